The van der Waals surface area contributed by atoms with E-state index in [-0.39, 0.29) is 11.2 Å². The van der Waals surface area contributed by atoms with E-state index in [1.54, 1.807) is 18.5 Å². The van der Waals surface area contributed by atoms with Gasteiger partial charge in [-0.25, -0.2) is 9.97 Å². The molecule has 0 saturated heterocycles. The maximum atomic E-state index is 12.4. The summed E-state index contributed by atoms with van der Waals surface area (Å²) in [6.07, 6.45) is 4.09. The molecule has 0 radical (unpaired) electrons. The van der Waals surface area contributed by atoms with Crippen LogP contribution in [0.4, 0.5) is 5.69 Å². The van der Waals surface area contributed by atoms with Crippen molar-refractivity contribution in [2.24, 2.45) is 0 Å². The van der Waals surface area contributed by atoms with E-state index in [0.717, 1.165) is 12.1 Å². The molecular formula is C17H21N3OS. The predicted molar refractivity (Wildman–Crippen MR) is 91.1 cm³/mol. The number of aromatic nitrogens is 2. The van der Waals surface area contributed by atoms with Crippen molar-refractivity contribution in [1.29, 1.82) is 0 Å². The molecule has 0 fully saturated rings. The van der Waals surface area contributed by atoms with Gasteiger partial charge in [-0.1, -0.05) is 44.7 Å². The summed E-state index contributed by atoms with van der Waals surface area (Å²) in [5, 5.41) is 3.39. The van der Waals surface area contributed by atoms with Crippen LogP contribution in [0.5, 0.6) is 0 Å². The first-order valence-electron chi connectivity index (χ1n) is 7.44. The molecule has 1 atom stereocenters. The van der Waals surface area contributed by atoms with Gasteiger partial charge in [0.15, 0.2) is 5.16 Å². The highest BCUT2D eigenvalue weighted by molar-refractivity contribution is 8.00. The van der Waals surface area contributed by atoms with Gasteiger partial charge in [0.05, 0.1) is 5.25 Å². The minimum absolute atomic E-state index is 0.0164. The Kier molecular flexibility index (Phi) is 5.95. The van der Waals surface area contributed by atoms with Crippen molar-refractivity contribution in [2.45, 2.75) is 43.5 Å². The molecule has 1 unspecified atom stereocenters. The van der Waals surface area contributed by atoms with Crippen LogP contribution in [0, 0.1) is 0 Å². The Bertz CT molecular complexity index is 599. The number of carbonyl (C=O) groups is 1. The van der Waals surface area contributed by atoms with Gasteiger partial charge in [-0.2, -0.15) is 0 Å². The molecule has 0 aliphatic heterocycles. The monoisotopic (exact) mass is 315 g/mol. The van der Waals surface area contributed by atoms with Crippen molar-refractivity contribution in [2.75, 3.05) is 5.32 Å². The number of thioether (sulfide) groups is 1. The van der Waals surface area contributed by atoms with Crippen molar-refractivity contribution in [3.05, 3.63) is 48.3 Å². The normalized spacial score (nSPS) is 12.2. The van der Waals surface area contributed by atoms with E-state index >= 15 is 0 Å². The fraction of sp³-hybridized carbons (Fsp3) is 0.353. The van der Waals surface area contributed by atoms with Crippen molar-refractivity contribution < 1.29 is 4.79 Å². The summed E-state index contributed by atoms with van der Waals surface area (Å²) < 4.78 is 0. The maximum absolute atomic E-state index is 12.4. The van der Waals surface area contributed by atoms with E-state index in [4.69, 9.17) is 0 Å². The number of hydrogen-bond acceptors (Lipinski definition) is 4. The van der Waals surface area contributed by atoms with Gasteiger partial charge in [0.25, 0.3) is 0 Å². The van der Waals surface area contributed by atoms with Crippen LogP contribution in [0.2, 0.25) is 0 Å². The molecule has 116 valence electrons. The van der Waals surface area contributed by atoms with E-state index in [1.165, 1.54) is 17.3 Å². The fourth-order valence-corrected chi connectivity index (χ4v) is 2.80. The molecule has 0 saturated carbocycles. The van der Waals surface area contributed by atoms with E-state index in [1.807, 2.05) is 19.1 Å². The van der Waals surface area contributed by atoms with Gasteiger partial charge < -0.3 is 5.32 Å². The Morgan fingerprint density at radius 2 is 1.82 bits per heavy atom. The molecule has 0 aliphatic carbocycles. The molecule has 1 heterocycles. The van der Waals surface area contributed by atoms with Crippen LogP contribution in [-0.2, 0) is 4.79 Å². The van der Waals surface area contributed by atoms with Gasteiger partial charge in [-0.05, 0) is 36.1 Å². The SMILES string of the molecule is CCC(Sc1ncccn1)C(=O)Nc1ccc(C(C)C)cc1. The lowest BCUT2D eigenvalue weighted by Crippen LogP contribution is -2.24. The van der Waals surface area contributed by atoms with Crippen molar-refractivity contribution in [1.82, 2.24) is 9.97 Å². The molecule has 5 heteroatoms. The van der Waals surface area contributed by atoms with Crippen molar-refractivity contribution >= 4 is 23.4 Å². The first-order chi connectivity index (χ1) is 10.6. The van der Waals surface area contributed by atoms with Crippen molar-refractivity contribution in [3.63, 3.8) is 0 Å². The Hall–Kier alpha value is -1.88. The first-order valence-corrected chi connectivity index (χ1v) is 8.32. The fourth-order valence-electron chi connectivity index (χ4n) is 1.97. The van der Waals surface area contributed by atoms with Crippen LogP contribution < -0.4 is 5.32 Å². The van der Waals surface area contributed by atoms with Gasteiger partial charge >= 0.3 is 0 Å². The third kappa shape index (κ3) is 4.56. The largest absolute Gasteiger partial charge is 0.325 e. The second kappa shape index (κ2) is 7.94. The molecule has 1 amide bonds. The van der Waals surface area contributed by atoms with Gasteiger partial charge in [-0.3, -0.25) is 4.79 Å². The Morgan fingerprint density at radius 3 is 2.36 bits per heavy atom. The summed E-state index contributed by atoms with van der Waals surface area (Å²) in [6.45, 7) is 6.29. The zero-order chi connectivity index (χ0) is 15.9. The second-order valence-electron chi connectivity index (χ2n) is 5.31. The molecule has 0 aliphatic rings. The summed E-state index contributed by atoms with van der Waals surface area (Å²) in [5.41, 5.74) is 2.08. The van der Waals surface area contributed by atoms with E-state index in [9.17, 15) is 4.79 Å². The average Bonchev–Trinajstić information content (AvgIpc) is 2.54. The summed E-state index contributed by atoms with van der Waals surface area (Å²) in [4.78, 5) is 20.7. The number of carbonyl (C=O) groups excluding carboxylic acids is 1. The number of hydrogen-bond donors (Lipinski definition) is 1. The third-order valence-electron chi connectivity index (χ3n) is 3.30. The van der Waals surface area contributed by atoms with E-state index in [0.29, 0.717) is 11.1 Å². The zero-order valence-electron chi connectivity index (χ0n) is 13.1. The third-order valence-corrected chi connectivity index (χ3v) is 4.55. The average molecular weight is 315 g/mol. The molecule has 1 N–H and O–H groups in total. The Morgan fingerprint density at radius 1 is 1.18 bits per heavy atom. The highest BCUT2D eigenvalue weighted by Crippen LogP contribution is 2.23. The highest BCUT2D eigenvalue weighted by Gasteiger charge is 2.19. The van der Waals surface area contributed by atoms with Gasteiger partial charge in [0.2, 0.25) is 5.91 Å². The lowest BCUT2D eigenvalue weighted by atomic mass is 10.0. The molecule has 2 aromatic rings. The topological polar surface area (TPSA) is 54.9 Å². The second-order valence-corrected chi connectivity index (χ2v) is 6.48. The van der Waals surface area contributed by atoms with E-state index in [2.05, 4.69) is 41.3 Å². The molecule has 0 bridgehead atoms. The number of rotatable bonds is 6. The minimum atomic E-state index is -0.202. The number of nitrogens with zero attached hydrogens (tertiary/aromatic N) is 2. The summed E-state index contributed by atoms with van der Waals surface area (Å²) in [6, 6.07) is 9.76. The van der Waals surface area contributed by atoms with Gasteiger partial charge in [0, 0.05) is 18.1 Å². The zero-order valence-corrected chi connectivity index (χ0v) is 13.9. The molecule has 0 spiro atoms. The summed E-state index contributed by atoms with van der Waals surface area (Å²) in [7, 11) is 0. The van der Waals surface area contributed by atoms with Crippen molar-refractivity contribution in [3.8, 4) is 0 Å². The molecule has 4 nitrogen and oxygen atoms in total. The molecule has 22 heavy (non-hydrogen) atoms. The van der Waals surface area contributed by atoms with Gasteiger partial charge in [-0.15, -0.1) is 0 Å². The number of anilines is 1. The summed E-state index contributed by atoms with van der Waals surface area (Å²) in [5.74, 6) is 0.469. The Balaban J connectivity index is 2.00. The quantitative estimate of drug-likeness (QED) is 0.644. The minimum Gasteiger partial charge on any atom is -0.325 e. The van der Waals surface area contributed by atoms with E-state index < -0.39 is 0 Å². The van der Waals surface area contributed by atoms with Crippen LogP contribution >= 0.6 is 11.8 Å². The number of nitrogens with one attached hydrogen (secondary N) is 1. The van der Waals surface area contributed by atoms with Crippen LogP contribution in [0.3, 0.4) is 0 Å². The van der Waals surface area contributed by atoms with Crippen LogP contribution in [-0.4, -0.2) is 21.1 Å². The molecule has 1 aromatic heterocycles. The maximum Gasteiger partial charge on any atom is 0.237 e. The number of amides is 1. The molecular weight excluding hydrogens is 294 g/mol. The predicted octanol–water partition coefficient (Wildman–Crippen LogP) is 4.11. The van der Waals surface area contributed by atoms with Crippen LogP contribution in [0.15, 0.2) is 47.9 Å². The lowest BCUT2D eigenvalue weighted by molar-refractivity contribution is -0.115. The highest BCUT2D eigenvalue weighted by atomic mass is 32.2. The number of benzene rings is 1. The van der Waals surface area contributed by atoms with Crippen LogP contribution in [0.1, 0.15) is 38.7 Å². The first kappa shape index (κ1) is 16.5. The molecule has 1 aromatic carbocycles. The molecule has 2 rings (SSSR count). The lowest BCUT2D eigenvalue weighted by Gasteiger charge is -2.14. The van der Waals surface area contributed by atoms with Crippen LogP contribution in [0.25, 0.3) is 0 Å². The van der Waals surface area contributed by atoms with Gasteiger partial charge in [0.1, 0.15) is 0 Å². The standard InChI is InChI=1S/C17H21N3OS/c1-4-15(22-17-18-10-5-11-19-17)16(21)20-14-8-6-13(7-9-14)12(2)3/h5-12,15H,4H2,1-3H3,(H,20,21). The Labute approximate surface area is 135 Å². The smallest absolute Gasteiger partial charge is 0.237 e. The summed E-state index contributed by atoms with van der Waals surface area (Å²) >= 11 is 1.39.